The van der Waals surface area contributed by atoms with Gasteiger partial charge in [-0.2, -0.15) is 5.26 Å². The Hall–Kier alpha value is -3.49. The van der Waals surface area contributed by atoms with Crippen molar-refractivity contribution in [1.82, 2.24) is 0 Å². The average Bonchev–Trinajstić information content (AvgIpc) is 2.83. The molecule has 0 N–H and O–H groups in total. The third-order valence-corrected chi connectivity index (χ3v) is 6.29. The molecule has 32 heavy (non-hydrogen) atoms. The molecular weight excluding hydrogens is 400 g/mol. The predicted molar refractivity (Wildman–Crippen MR) is 124 cm³/mol. The summed E-state index contributed by atoms with van der Waals surface area (Å²) < 4.78 is 17.5. The molecule has 5 nitrogen and oxygen atoms in total. The summed E-state index contributed by atoms with van der Waals surface area (Å²) in [5, 5.41) is 10.1. The quantitative estimate of drug-likeness (QED) is 0.493. The van der Waals surface area contributed by atoms with E-state index in [0.717, 1.165) is 42.0 Å². The van der Waals surface area contributed by atoms with Gasteiger partial charge in [-0.1, -0.05) is 30.3 Å². The summed E-state index contributed by atoms with van der Waals surface area (Å²) in [5.74, 6) is 2.22. The van der Waals surface area contributed by atoms with Crippen molar-refractivity contribution in [2.24, 2.45) is 0 Å². The van der Waals surface area contributed by atoms with Crippen LogP contribution < -0.4 is 14.2 Å². The second kappa shape index (κ2) is 9.33. The van der Waals surface area contributed by atoms with E-state index in [0.29, 0.717) is 22.6 Å². The maximum Gasteiger partial charge on any atom is 0.202 e. The summed E-state index contributed by atoms with van der Waals surface area (Å²) in [6.45, 7) is 2.20. The van der Waals surface area contributed by atoms with Gasteiger partial charge in [0, 0.05) is 17.5 Å². The van der Waals surface area contributed by atoms with Crippen LogP contribution in [0.3, 0.4) is 0 Å². The molecule has 0 amide bonds. The number of hydrogen-bond acceptors (Lipinski definition) is 4. The molecule has 0 bridgehead atoms. The molecule has 1 heterocycles. The Labute approximate surface area is 190 Å². The van der Waals surface area contributed by atoms with E-state index in [4.69, 9.17) is 14.2 Å². The van der Waals surface area contributed by atoms with Crippen LogP contribution >= 0.6 is 0 Å². The van der Waals surface area contributed by atoms with Gasteiger partial charge in [0.25, 0.3) is 0 Å². The van der Waals surface area contributed by atoms with Crippen molar-refractivity contribution in [3.63, 3.8) is 0 Å². The van der Waals surface area contributed by atoms with E-state index < -0.39 is 0 Å². The Morgan fingerprint density at radius 3 is 2.28 bits per heavy atom. The highest BCUT2D eigenvalue weighted by atomic mass is 16.5. The monoisotopic (exact) mass is 429 g/mol. The van der Waals surface area contributed by atoms with Gasteiger partial charge in [-0.3, -0.25) is 0 Å². The standard InChI is InChI=1S/C27H29N2O3/c1-29(14-13-22-15-26(30-2)27(31-3)16-24(22)25(29)17-28)18-20-9-11-23(12-10-20)32-19-21-7-5-4-6-8-21/h4-12,15-16,25H,13-14,18-19H2,1-3H3/q+1. The molecule has 0 aliphatic carbocycles. The molecule has 0 spiro atoms. The van der Waals surface area contributed by atoms with Gasteiger partial charge in [0.1, 0.15) is 25.0 Å². The number of methoxy groups -OCH3 is 2. The lowest BCUT2D eigenvalue weighted by atomic mass is 9.90. The molecule has 3 aromatic rings. The van der Waals surface area contributed by atoms with Crippen LogP contribution in [0.15, 0.2) is 66.7 Å². The van der Waals surface area contributed by atoms with Crippen LogP contribution in [0.5, 0.6) is 17.2 Å². The van der Waals surface area contributed by atoms with Crippen molar-refractivity contribution in [3.8, 4) is 23.3 Å². The van der Waals surface area contributed by atoms with Crippen molar-refractivity contribution in [3.05, 3.63) is 89.0 Å². The molecule has 0 saturated heterocycles. The minimum absolute atomic E-state index is 0.271. The minimum atomic E-state index is -0.271. The Kier molecular flexibility index (Phi) is 6.34. The van der Waals surface area contributed by atoms with Crippen LogP contribution in [0.1, 0.15) is 28.3 Å². The van der Waals surface area contributed by atoms with Crippen molar-refractivity contribution in [1.29, 1.82) is 5.26 Å². The lowest BCUT2D eigenvalue weighted by molar-refractivity contribution is -0.946. The number of fused-ring (bicyclic) bond motifs is 1. The van der Waals surface area contributed by atoms with Crippen LogP contribution in [-0.4, -0.2) is 32.3 Å². The average molecular weight is 430 g/mol. The number of nitriles is 1. The van der Waals surface area contributed by atoms with Gasteiger partial charge in [-0.15, -0.1) is 0 Å². The summed E-state index contributed by atoms with van der Waals surface area (Å²) >= 11 is 0. The third kappa shape index (κ3) is 4.42. The van der Waals surface area contributed by atoms with E-state index in [-0.39, 0.29) is 6.04 Å². The zero-order chi connectivity index (χ0) is 22.6. The maximum atomic E-state index is 10.1. The molecule has 2 atom stereocenters. The number of nitrogens with zero attached hydrogens (tertiary/aromatic N) is 2. The van der Waals surface area contributed by atoms with E-state index in [1.165, 1.54) is 5.56 Å². The van der Waals surface area contributed by atoms with Crippen molar-refractivity contribution < 1.29 is 18.7 Å². The molecule has 0 aromatic heterocycles. The fourth-order valence-corrected chi connectivity index (χ4v) is 4.48. The molecule has 0 saturated carbocycles. The van der Waals surface area contributed by atoms with E-state index in [2.05, 4.69) is 37.4 Å². The maximum absolute atomic E-state index is 10.1. The number of likely N-dealkylation sites (N-methyl/N-ethyl adjacent to an activating group) is 1. The van der Waals surface area contributed by atoms with Crippen molar-refractivity contribution >= 4 is 0 Å². The second-order valence-electron chi connectivity index (χ2n) is 8.47. The molecule has 0 radical (unpaired) electrons. The van der Waals surface area contributed by atoms with Gasteiger partial charge in [0.05, 0.1) is 27.8 Å². The van der Waals surface area contributed by atoms with Gasteiger partial charge < -0.3 is 18.7 Å². The molecule has 5 heteroatoms. The zero-order valence-electron chi connectivity index (χ0n) is 18.9. The van der Waals surface area contributed by atoms with E-state index in [1.54, 1.807) is 14.2 Å². The van der Waals surface area contributed by atoms with Gasteiger partial charge in [-0.05, 0) is 47.5 Å². The molecular formula is C27H29N2O3+. The third-order valence-electron chi connectivity index (χ3n) is 6.29. The number of ether oxygens (including phenoxy) is 3. The van der Waals surface area contributed by atoms with E-state index >= 15 is 0 Å². The number of rotatable bonds is 7. The van der Waals surface area contributed by atoms with Crippen LogP contribution in [0.4, 0.5) is 0 Å². The first kappa shape index (κ1) is 21.7. The summed E-state index contributed by atoms with van der Waals surface area (Å²) in [7, 11) is 5.43. The van der Waals surface area contributed by atoms with E-state index in [1.807, 2.05) is 42.5 Å². The van der Waals surface area contributed by atoms with Crippen LogP contribution in [0, 0.1) is 11.3 Å². The van der Waals surface area contributed by atoms with Crippen LogP contribution in [-0.2, 0) is 19.6 Å². The van der Waals surface area contributed by atoms with Gasteiger partial charge >= 0.3 is 0 Å². The SMILES string of the molecule is COc1cc2c(cc1OC)C(C#N)[N+](C)(Cc1ccc(OCc3ccccc3)cc1)CC2. The number of hydrogen-bond donors (Lipinski definition) is 0. The molecule has 1 aliphatic heterocycles. The van der Waals surface area contributed by atoms with Crippen LogP contribution in [0.25, 0.3) is 0 Å². The first-order chi connectivity index (χ1) is 15.6. The van der Waals surface area contributed by atoms with E-state index in [9.17, 15) is 5.26 Å². The minimum Gasteiger partial charge on any atom is -0.493 e. The molecule has 1 aliphatic rings. The van der Waals surface area contributed by atoms with Crippen molar-refractivity contribution in [2.45, 2.75) is 25.6 Å². The Morgan fingerprint density at radius 1 is 0.938 bits per heavy atom. The van der Waals surface area contributed by atoms with Gasteiger partial charge in [0.15, 0.2) is 11.5 Å². The molecule has 2 unspecified atom stereocenters. The predicted octanol–water partition coefficient (Wildman–Crippen LogP) is 5.05. The van der Waals surface area contributed by atoms with Gasteiger partial charge in [0.2, 0.25) is 6.04 Å². The fourth-order valence-electron chi connectivity index (χ4n) is 4.48. The summed E-state index contributed by atoms with van der Waals surface area (Å²) in [6, 6.07) is 24.6. The first-order valence-electron chi connectivity index (χ1n) is 10.8. The Bertz CT molecular complexity index is 1110. The van der Waals surface area contributed by atoms with Crippen LogP contribution in [0.2, 0.25) is 0 Å². The first-order valence-corrected chi connectivity index (χ1v) is 10.8. The molecule has 0 fully saturated rings. The number of quaternary nitrogens is 1. The second-order valence-corrected chi connectivity index (χ2v) is 8.47. The molecule has 164 valence electrons. The summed E-state index contributed by atoms with van der Waals surface area (Å²) in [4.78, 5) is 0. The zero-order valence-corrected chi connectivity index (χ0v) is 18.9. The smallest absolute Gasteiger partial charge is 0.202 e. The van der Waals surface area contributed by atoms with Gasteiger partial charge in [-0.25, -0.2) is 0 Å². The van der Waals surface area contributed by atoms with Crippen molar-refractivity contribution in [2.75, 3.05) is 27.8 Å². The largest absolute Gasteiger partial charge is 0.493 e. The highest BCUT2D eigenvalue weighted by molar-refractivity contribution is 5.50. The molecule has 4 rings (SSSR count). The topological polar surface area (TPSA) is 51.5 Å². The fraction of sp³-hybridized carbons (Fsp3) is 0.296. The summed E-state index contributed by atoms with van der Waals surface area (Å²) in [6.07, 6.45) is 0.892. The summed E-state index contributed by atoms with van der Waals surface area (Å²) in [5.41, 5.74) is 4.52. The normalized spacial score (nSPS) is 19.5. The lowest BCUT2D eigenvalue weighted by Crippen LogP contribution is -2.50. The Balaban J connectivity index is 1.50. The molecule has 3 aromatic carbocycles. The number of benzene rings is 3. The highest BCUT2D eigenvalue weighted by Gasteiger charge is 2.40. The highest BCUT2D eigenvalue weighted by Crippen LogP contribution is 2.41. The lowest BCUT2D eigenvalue weighted by Gasteiger charge is -2.42. The Morgan fingerprint density at radius 2 is 1.62 bits per heavy atom.